The highest BCUT2D eigenvalue weighted by Crippen LogP contribution is 2.64. The van der Waals surface area contributed by atoms with Crippen molar-refractivity contribution in [2.75, 3.05) is 26.0 Å². The molecule has 1 fully saturated rings. The Labute approximate surface area is 181 Å². The maximum atomic E-state index is 13.7. The summed E-state index contributed by atoms with van der Waals surface area (Å²) in [6.45, 7) is 6.75. The fraction of sp³-hybridized carbons (Fsp3) is 0.739. The molecule has 1 aliphatic rings. The van der Waals surface area contributed by atoms with Crippen LogP contribution in [0.2, 0.25) is 0 Å². The van der Waals surface area contributed by atoms with Crippen molar-refractivity contribution in [1.82, 2.24) is 0 Å². The number of rotatable bonds is 13. The molecule has 0 aliphatic carbocycles. The Morgan fingerprint density at radius 1 is 1.10 bits per heavy atom. The molecule has 1 aromatic rings. The Bertz CT molecular complexity index is 650. The van der Waals surface area contributed by atoms with Gasteiger partial charge in [-0.3, -0.25) is 4.57 Å². The van der Waals surface area contributed by atoms with Gasteiger partial charge in [-0.1, -0.05) is 57.0 Å². The minimum absolute atomic E-state index is 0.187. The molecule has 172 valence electrons. The van der Waals surface area contributed by atoms with Gasteiger partial charge < -0.3 is 24.2 Å². The summed E-state index contributed by atoms with van der Waals surface area (Å²) in [6, 6.07) is 9.94. The smallest absolute Gasteiger partial charge is 0.236 e. The molecule has 1 heterocycles. The minimum Gasteiger partial charge on any atom is -0.387 e. The number of hydrogen-bond acceptors (Lipinski definition) is 6. The highest BCUT2D eigenvalue weighted by atomic mass is 31.2. The van der Waals surface area contributed by atoms with Crippen molar-refractivity contribution in [3.63, 3.8) is 0 Å². The number of unbranched alkanes of at least 4 members (excludes halogenated alkanes) is 2. The number of ether oxygens (including phenoxy) is 2. The molecule has 1 saturated heterocycles. The quantitative estimate of drug-likeness (QED) is 0.349. The monoisotopic (exact) mass is 442 g/mol. The summed E-state index contributed by atoms with van der Waals surface area (Å²) in [5.74, 6) is 0. The largest absolute Gasteiger partial charge is 0.387 e. The van der Waals surface area contributed by atoms with E-state index in [1.54, 1.807) is 0 Å². The molecule has 2 rings (SSSR count). The summed E-state index contributed by atoms with van der Waals surface area (Å²) in [4.78, 5) is 0. The number of aliphatic hydroxyl groups excluding tert-OH is 1. The third-order valence-corrected chi connectivity index (χ3v) is 8.89. The maximum absolute atomic E-state index is 13.7. The van der Waals surface area contributed by atoms with E-state index in [1.807, 2.05) is 30.3 Å². The molecular formula is C23H39O6P. The molecule has 2 unspecified atom stereocenters. The van der Waals surface area contributed by atoms with Crippen molar-refractivity contribution in [3.8, 4) is 0 Å². The van der Waals surface area contributed by atoms with E-state index in [9.17, 15) is 14.8 Å². The van der Waals surface area contributed by atoms with E-state index in [0.717, 1.165) is 37.7 Å². The normalized spacial score (nSPS) is 31.7. The SMILES string of the molecule is CCCCOC[C@H]1OP(=O)(CCCc2ccccc2)C(C)(O)[C@@H](O)[C@@H]1OCCCC. The third-order valence-electron chi connectivity index (χ3n) is 5.73. The summed E-state index contributed by atoms with van der Waals surface area (Å²) in [6.07, 6.45) is 2.49. The lowest BCUT2D eigenvalue weighted by atomic mass is 10.0. The molecule has 30 heavy (non-hydrogen) atoms. The van der Waals surface area contributed by atoms with Crippen LogP contribution in [0.1, 0.15) is 58.4 Å². The molecule has 1 aliphatic heterocycles. The molecule has 5 atom stereocenters. The van der Waals surface area contributed by atoms with Gasteiger partial charge in [-0.05, 0) is 38.2 Å². The highest BCUT2D eigenvalue weighted by Gasteiger charge is 2.59. The molecule has 2 N–H and O–H groups in total. The number of aliphatic hydroxyl groups is 2. The third kappa shape index (κ3) is 6.62. The first-order valence-electron chi connectivity index (χ1n) is 11.3. The average Bonchev–Trinajstić information content (AvgIpc) is 2.73. The molecule has 0 bridgehead atoms. The van der Waals surface area contributed by atoms with Crippen molar-refractivity contribution in [2.45, 2.75) is 83.0 Å². The Balaban J connectivity index is 2.09. The number of hydrogen-bond donors (Lipinski definition) is 2. The Kier molecular flexibility index (Phi) is 10.5. The summed E-state index contributed by atoms with van der Waals surface area (Å²) in [7, 11) is -3.55. The fourth-order valence-corrected chi connectivity index (χ4v) is 6.16. The summed E-state index contributed by atoms with van der Waals surface area (Å²) < 4.78 is 31.3. The second-order valence-corrected chi connectivity index (χ2v) is 11.2. The Morgan fingerprint density at radius 2 is 1.77 bits per heavy atom. The van der Waals surface area contributed by atoms with E-state index < -0.39 is 31.0 Å². The lowest BCUT2D eigenvalue weighted by molar-refractivity contribution is -0.171. The first-order valence-corrected chi connectivity index (χ1v) is 13.1. The number of benzene rings is 1. The summed E-state index contributed by atoms with van der Waals surface area (Å²) in [5.41, 5.74) is 1.14. The van der Waals surface area contributed by atoms with Crippen LogP contribution in [0.3, 0.4) is 0 Å². The van der Waals surface area contributed by atoms with Gasteiger partial charge in [-0.25, -0.2) is 0 Å². The minimum atomic E-state index is -3.55. The highest BCUT2D eigenvalue weighted by molar-refractivity contribution is 7.60. The van der Waals surface area contributed by atoms with E-state index >= 15 is 0 Å². The van der Waals surface area contributed by atoms with E-state index in [4.69, 9.17) is 14.0 Å². The van der Waals surface area contributed by atoms with Gasteiger partial charge in [-0.2, -0.15) is 0 Å². The van der Waals surface area contributed by atoms with Crippen LogP contribution in [0.25, 0.3) is 0 Å². The van der Waals surface area contributed by atoms with Gasteiger partial charge in [0.15, 0.2) is 5.34 Å². The average molecular weight is 443 g/mol. The van der Waals surface area contributed by atoms with Crippen molar-refractivity contribution in [2.24, 2.45) is 0 Å². The van der Waals surface area contributed by atoms with Crippen LogP contribution in [0, 0.1) is 0 Å². The van der Waals surface area contributed by atoms with Gasteiger partial charge in [0.2, 0.25) is 7.37 Å². The first kappa shape index (κ1) is 25.5. The second kappa shape index (κ2) is 12.3. The summed E-state index contributed by atoms with van der Waals surface area (Å²) in [5, 5.41) is 20.1. The molecule has 0 radical (unpaired) electrons. The van der Waals surface area contributed by atoms with Crippen LogP contribution >= 0.6 is 7.37 Å². The summed E-state index contributed by atoms with van der Waals surface area (Å²) >= 11 is 0. The van der Waals surface area contributed by atoms with Gasteiger partial charge in [0.1, 0.15) is 18.3 Å². The van der Waals surface area contributed by atoms with Crippen LogP contribution in [-0.4, -0.2) is 59.8 Å². The van der Waals surface area contributed by atoms with Crippen LogP contribution in [0.15, 0.2) is 30.3 Å². The van der Waals surface area contributed by atoms with Crippen LogP contribution in [0.5, 0.6) is 0 Å². The molecule has 6 nitrogen and oxygen atoms in total. The molecule has 0 amide bonds. The topological polar surface area (TPSA) is 85.2 Å². The maximum Gasteiger partial charge on any atom is 0.236 e. The molecule has 0 spiro atoms. The zero-order valence-corrected chi connectivity index (χ0v) is 19.6. The Morgan fingerprint density at radius 3 is 2.43 bits per heavy atom. The van der Waals surface area contributed by atoms with Crippen molar-refractivity contribution < 1.29 is 28.8 Å². The molecule has 1 aromatic carbocycles. The van der Waals surface area contributed by atoms with E-state index in [2.05, 4.69) is 13.8 Å². The van der Waals surface area contributed by atoms with Crippen molar-refractivity contribution in [1.29, 1.82) is 0 Å². The van der Waals surface area contributed by atoms with Gasteiger partial charge in [0.25, 0.3) is 0 Å². The van der Waals surface area contributed by atoms with Crippen LogP contribution < -0.4 is 0 Å². The molecule has 0 saturated carbocycles. The van der Waals surface area contributed by atoms with E-state index in [-0.39, 0.29) is 12.8 Å². The van der Waals surface area contributed by atoms with E-state index in [1.165, 1.54) is 6.92 Å². The van der Waals surface area contributed by atoms with Crippen LogP contribution in [0.4, 0.5) is 0 Å². The number of aryl methyl sites for hydroxylation is 1. The standard InChI is InChI=1S/C23H39O6P/c1-4-6-15-27-18-20-21(28-16-7-5-2)22(24)23(3,25)30(26,29-20)17-11-14-19-12-9-8-10-13-19/h8-10,12-13,20-22,24-25H,4-7,11,14-18H2,1-3H3/t20-,21-,22+,23?,30?/m1/s1. The predicted molar refractivity (Wildman–Crippen MR) is 119 cm³/mol. The van der Waals surface area contributed by atoms with E-state index in [0.29, 0.717) is 19.6 Å². The van der Waals surface area contributed by atoms with Gasteiger partial charge in [-0.15, -0.1) is 0 Å². The lowest BCUT2D eigenvalue weighted by Crippen LogP contribution is -2.59. The van der Waals surface area contributed by atoms with Gasteiger partial charge in [0, 0.05) is 19.4 Å². The molecule has 7 heteroatoms. The predicted octanol–water partition coefficient (Wildman–Crippen LogP) is 4.37. The zero-order valence-electron chi connectivity index (χ0n) is 18.7. The van der Waals surface area contributed by atoms with Gasteiger partial charge in [0.05, 0.1) is 6.61 Å². The van der Waals surface area contributed by atoms with Crippen molar-refractivity contribution >= 4 is 7.37 Å². The van der Waals surface area contributed by atoms with Crippen LogP contribution in [-0.2, 0) is 25.0 Å². The molecule has 0 aromatic heterocycles. The Hall–Kier alpha value is -0.750. The first-order chi connectivity index (χ1) is 14.4. The fourth-order valence-electron chi connectivity index (χ4n) is 3.65. The van der Waals surface area contributed by atoms with Crippen molar-refractivity contribution in [3.05, 3.63) is 35.9 Å². The molecular weight excluding hydrogens is 403 g/mol. The second-order valence-electron chi connectivity index (χ2n) is 8.29. The van der Waals surface area contributed by atoms with Gasteiger partial charge >= 0.3 is 0 Å². The lowest BCUT2D eigenvalue weighted by Gasteiger charge is -2.48. The zero-order chi connectivity index (χ0) is 22.0.